The van der Waals surface area contributed by atoms with Crippen molar-refractivity contribution in [1.29, 1.82) is 5.26 Å². The Balaban J connectivity index is 2.13. The summed E-state index contributed by atoms with van der Waals surface area (Å²) in [6.45, 7) is 5.72. The predicted octanol–water partition coefficient (Wildman–Crippen LogP) is 2.46. The van der Waals surface area contributed by atoms with E-state index in [4.69, 9.17) is 0 Å². The minimum Gasteiger partial charge on any atom is -0.365 e. The minimum atomic E-state index is -0.748. The van der Waals surface area contributed by atoms with E-state index < -0.39 is 10.8 Å². The molecule has 0 saturated heterocycles. The fourth-order valence-electron chi connectivity index (χ4n) is 2.79. The Bertz CT molecular complexity index is 582. The fraction of sp³-hybridized carbons (Fsp3) is 0.667. The van der Waals surface area contributed by atoms with Crippen LogP contribution in [0.4, 0.5) is 5.82 Å². The Morgan fingerprint density at radius 3 is 2.81 bits per heavy atom. The van der Waals surface area contributed by atoms with Gasteiger partial charge in [-0.05, 0) is 38.7 Å². The maximum absolute atomic E-state index is 12.0. The molecule has 1 aromatic heterocycles. The third-order valence-corrected chi connectivity index (χ3v) is 5.93. The highest BCUT2D eigenvalue weighted by Gasteiger charge is 2.26. The Hall–Kier alpha value is -1.48. The summed E-state index contributed by atoms with van der Waals surface area (Å²) in [7, 11) is -0.748. The standard InChI is InChI=1S/C15H22N4OS/c1-4-21(20)13-7-5-6-12(8-13)17-15-14(9-16)10(2)11(3)18-19-15/h12-13H,4-8H2,1-3H3,(H,17,19). The van der Waals surface area contributed by atoms with Gasteiger partial charge in [0.15, 0.2) is 5.82 Å². The lowest BCUT2D eigenvalue weighted by Gasteiger charge is -2.29. The van der Waals surface area contributed by atoms with Crippen LogP contribution >= 0.6 is 0 Å². The van der Waals surface area contributed by atoms with Gasteiger partial charge in [0.1, 0.15) is 11.6 Å². The SMILES string of the molecule is CCS(=O)C1CCCC(Nc2nnc(C)c(C)c2C#N)C1. The third kappa shape index (κ3) is 3.59. The number of rotatable bonds is 4. The summed E-state index contributed by atoms with van der Waals surface area (Å²) in [5, 5.41) is 21.2. The number of aryl methyl sites for hydroxylation is 1. The molecule has 1 fully saturated rings. The maximum atomic E-state index is 12.0. The van der Waals surface area contributed by atoms with Crippen LogP contribution in [0.2, 0.25) is 0 Å². The first-order valence-electron chi connectivity index (χ1n) is 7.44. The first-order chi connectivity index (χ1) is 10.1. The van der Waals surface area contributed by atoms with Crippen LogP contribution in [0, 0.1) is 25.2 Å². The Labute approximate surface area is 128 Å². The zero-order valence-electron chi connectivity index (χ0n) is 12.8. The van der Waals surface area contributed by atoms with Gasteiger partial charge in [0, 0.05) is 27.8 Å². The van der Waals surface area contributed by atoms with Crippen molar-refractivity contribution in [3.63, 3.8) is 0 Å². The van der Waals surface area contributed by atoms with Gasteiger partial charge in [0.25, 0.3) is 0 Å². The van der Waals surface area contributed by atoms with Gasteiger partial charge in [-0.2, -0.15) is 10.4 Å². The monoisotopic (exact) mass is 306 g/mol. The maximum Gasteiger partial charge on any atom is 0.167 e. The van der Waals surface area contributed by atoms with Crippen LogP contribution < -0.4 is 5.32 Å². The van der Waals surface area contributed by atoms with E-state index in [-0.39, 0.29) is 11.3 Å². The van der Waals surface area contributed by atoms with Crippen LogP contribution in [0.5, 0.6) is 0 Å². The van der Waals surface area contributed by atoms with Crippen molar-refractivity contribution in [2.24, 2.45) is 0 Å². The molecule has 1 aromatic rings. The molecule has 3 unspecified atom stereocenters. The first-order valence-corrected chi connectivity index (χ1v) is 8.82. The summed E-state index contributed by atoms with van der Waals surface area (Å²) in [6, 6.07) is 2.44. The molecule has 1 saturated carbocycles. The molecule has 2 rings (SSSR count). The van der Waals surface area contributed by atoms with Gasteiger partial charge in [0.05, 0.1) is 5.69 Å². The second kappa shape index (κ2) is 6.99. The number of hydrogen-bond acceptors (Lipinski definition) is 5. The van der Waals surface area contributed by atoms with Gasteiger partial charge in [-0.15, -0.1) is 5.10 Å². The number of anilines is 1. The van der Waals surface area contributed by atoms with Crippen LogP contribution in [-0.4, -0.2) is 31.5 Å². The first kappa shape index (κ1) is 15.9. The average molecular weight is 306 g/mol. The summed E-state index contributed by atoms with van der Waals surface area (Å²) in [6.07, 6.45) is 3.99. The van der Waals surface area contributed by atoms with Crippen molar-refractivity contribution in [3.8, 4) is 6.07 Å². The van der Waals surface area contributed by atoms with Crippen LogP contribution in [-0.2, 0) is 10.8 Å². The van der Waals surface area contributed by atoms with Gasteiger partial charge < -0.3 is 5.32 Å². The molecule has 0 aliphatic heterocycles. The lowest BCUT2D eigenvalue weighted by atomic mass is 9.94. The molecule has 0 spiro atoms. The van der Waals surface area contributed by atoms with Gasteiger partial charge in [0.2, 0.25) is 0 Å². The Kier molecular flexibility index (Phi) is 5.29. The molecule has 1 aliphatic carbocycles. The number of nitrogens with one attached hydrogen (secondary N) is 1. The van der Waals surface area contributed by atoms with E-state index >= 15 is 0 Å². The predicted molar refractivity (Wildman–Crippen MR) is 84.6 cm³/mol. The van der Waals surface area contributed by atoms with E-state index in [9.17, 15) is 9.47 Å². The van der Waals surface area contributed by atoms with Gasteiger partial charge >= 0.3 is 0 Å². The number of hydrogen-bond donors (Lipinski definition) is 1. The zero-order valence-corrected chi connectivity index (χ0v) is 13.7. The number of nitriles is 1. The Morgan fingerprint density at radius 1 is 1.38 bits per heavy atom. The molecule has 1 N–H and O–H groups in total. The van der Waals surface area contributed by atoms with E-state index in [1.807, 2.05) is 20.8 Å². The average Bonchev–Trinajstić information content (AvgIpc) is 2.51. The molecule has 6 heteroatoms. The van der Waals surface area contributed by atoms with Crippen molar-refractivity contribution < 1.29 is 4.21 Å². The minimum absolute atomic E-state index is 0.225. The van der Waals surface area contributed by atoms with Crippen LogP contribution in [0.25, 0.3) is 0 Å². The van der Waals surface area contributed by atoms with Crippen molar-refractivity contribution in [3.05, 3.63) is 16.8 Å². The molecule has 0 amide bonds. The highest BCUT2D eigenvalue weighted by Crippen LogP contribution is 2.26. The van der Waals surface area contributed by atoms with Crippen molar-refractivity contribution in [1.82, 2.24) is 10.2 Å². The summed E-state index contributed by atoms with van der Waals surface area (Å²) in [5.41, 5.74) is 2.23. The van der Waals surface area contributed by atoms with E-state index in [2.05, 4.69) is 21.6 Å². The topological polar surface area (TPSA) is 78.7 Å². The quantitative estimate of drug-likeness (QED) is 0.924. The van der Waals surface area contributed by atoms with Crippen LogP contribution in [0.1, 0.15) is 49.4 Å². The highest BCUT2D eigenvalue weighted by atomic mass is 32.2. The van der Waals surface area contributed by atoms with Crippen molar-refractivity contribution in [2.75, 3.05) is 11.1 Å². The lowest BCUT2D eigenvalue weighted by Crippen LogP contribution is -2.33. The van der Waals surface area contributed by atoms with Crippen molar-refractivity contribution >= 4 is 16.6 Å². The highest BCUT2D eigenvalue weighted by molar-refractivity contribution is 7.85. The molecular formula is C15H22N4OS. The molecule has 5 nitrogen and oxygen atoms in total. The number of nitrogens with zero attached hydrogens (tertiary/aromatic N) is 3. The summed E-state index contributed by atoms with van der Waals surface area (Å²) < 4.78 is 12.0. The molecule has 114 valence electrons. The molecule has 0 bridgehead atoms. The van der Waals surface area contributed by atoms with E-state index in [0.29, 0.717) is 17.1 Å². The molecule has 0 aromatic carbocycles. The molecule has 1 aliphatic rings. The summed E-state index contributed by atoms with van der Waals surface area (Å²) >= 11 is 0. The normalized spacial score (nSPS) is 23.3. The molecule has 3 atom stereocenters. The van der Waals surface area contributed by atoms with Gasteiger partial charge in [-0.25, -0.2) is 0 Å². The molecule has 0 radical (unpaired) electrons. The molecular weight excluding hydrogens is 284 g/mol. The second-order valence-corrected chi connectivity index (χ2v) is 7.55. The van der Waals surface area contributed by atoms with Gasteiger partial charge in [-0.1, -0.05) is 13.3 Å². The van der Waals surface area contributed by atoms with E-state index in [1.165, 1.54) is 0 Å². The molecule has 21 heavy (non-hydrogen) atoms. The summed E-state index contributed by atoms with van der Waals surface area (Å²) in [5.74, 6) is 1.28. The van der Waals surface area contributed by atoms with E-state index in [1.54, 1.807) is 0 Å². The number of aromatic nitrogens is 2. The molecule has 1 heterocycles. The second-order valence-electron chi connectivity index (χ2n) is 5.55. The lowest BCUT2D eigenvalue weighted by molar-refractivity contribution is 0.464. The Morgan fingerprint density at radius 2 is 2.14 bits per heavy atom. The fourth-order valence-corrected chi connectivity index (χ4v) is 4.14. The smallest absolute Gasteiger partial charge is 0.167 e. The van der Waals surface area contributed by atoms with Gasteiger partial charge in [-0.3, -0.25) is 4.21 Å². The van der Waals surface area contributed by atoms with Crippen LogP contribution in [0.15, 0.2) is 0 Å². The van der Waals surface area contributed by atoms with Crippen molar-refractivity contribution in [2.45, 2.75) is 57.7 Å². The zero-order chi connectivity index (χ0) is 15.4. The van der Waals surface area contributed by atoms with E-state index in [0.717, 1.165) is 36.9 Å². The van der Waals surface area contributed by atoms with Crippen LogP contribution in [0.3, 0.4) is 0 Å². The third-order valence-electron chi connectivity index (χ3n) is 4.19. The largest absolute Gasteiger partial charge is 0.365 e. The summed E-state index contributed by atoms with van der Waals surface area (Å²) in [4.78, 5) is 0.